The summed E-state index contributed by atoms with van der Waals surface area (Å²) in [6.07, 6.45) is 2.62. The average Bonchev–Trinajstić information content (AvgIpc) is 2.66. The molecule has 0 bridgehead atoms. The smallest absolute Gasteiger partial charge is 0.0183 e. The first-order chi connectivity index (χ1) is 8.82. The van der Waals surface area contributed by atoms with E-state index in [-0.39, 0.29) is 0 Å². The van der Waals surface area contributed by atoms with Crippen molar-refractivity contribution < 1.29 is 0 Å². The fraction of sp³-hybridized carbons (Fsp3) is 0.667. The number of nitrogens with one attached hydrogen (secondary N) is 1. The lowest BCUT2D eigenvalue weighted by Gasteiger charge is -2.37. The Morgan fingerprint density at radius 1 is 0.947 bits per heavy atom. The molecule has 0 atom stereocenters. The lowest BCUT2D eigenvalue weighted by molar-refractivity contribution is 0.275. The summed E-state index contributed by atoms with van der Waals surface area (Å²) in [5, 5.41) is 3.88. The normalized spacial score (nSPS) is 31.8. The molecular weight excluding hydrogens is 230 g/mol. The van der Waals surface area contributed by atoms with Crippen LogP contribution >= 0.6 is 0 Å². The van der Waals surface area contributed by atoms with Gasteiger partial charge in [-0.1, -0.05) is 57.5 Å². The molecular formula is C18H27N. The van der Waals surface area contributed by atoms with Gasteiger partial charge in [-0.3, -0.25) is 0 Å². The summed E-state index contributed by atoms with van der Waals surface area (Å²) in [5.74, 6) is 0.781. The Labute approximate surface area is 117 Å². The SMILES string of the molecule is Cc1ccc(C2CC(NC3C(C)(C)C3(C)C)C2)cc1. The van der Waals surface area contributed by atoms with Crippen LogP contribution in [0.3, 0.4) is 0 Å². The number of hydrogen-bond donors (Lipinski definition) is 1. The summed E-state index contributed by atoms with van der Waals surface area (Å²) in [6.45, 7) is 11.7. The van der Waals surface area contributed by atoms with Gasteiger partial charge in [-0.25, -0.2) is 0 Å². The summed E-state index contributed by atoms with van der Waals surface area (Å²) >= 11 is 0. The Kier molecular flexibility index (Phi) is 2.83. The first kappa shape index (κ1) is 13.2. The van der Waals surface area contributed by atoms with Gasteiger partial charge in [-0.05, 0) is 42.1 Å². The molecule has 1 N–H and O–H groups in total. The Morgan fingerprint density at radius 3 is 1.95 bits per heavy atom. The highest BCUT2D eigenvalue weighted by Crippen LogP contribution is 2.63. The molecule has 2 aliphatic rings. The lowest BCUT2D eigenvalue weighted by atomic mass is 9.75. The van der Waals surface area contributed by atoms with E-state index in [4.69, 9.17) is 0 Å². The molecule has 2 aliphatic carbocycles. The third-order valence-corrected chi connectivity index (χ3v) is 6.11. The minimum absolute atomic E-state index is 0.460. The first-order valence-electron chi connectivity index (χ1n) is 7.65. The predicted molar refractivity (Wildman–Crippen MR) is 81.4 cm³/mol. The van der Waals surface area contributed by atoms with E-state index in [0.717, 1.165) is 12.0 Å². The van der Waals surface area contributed by atoms with Crippen molar-refractivity contribution in [3.63, 3.8) is 0 Å². The van der Waals surface area contributed by atoms with Crippen LogP contribution in [0, 0.1) is 17.8 Å². The molecule has 0 aliphatic heterocycles. The molecule has 0 aromatic heterocycles. The Hall–Kier alpha value is -0.820. The Bertz CT molecular complexity index is 449. The molecule has 104 valence electrons. The second-order valence-electron chi connectivity index (χ2n) is 7.82. The third kappa shape index (κ3) is 2.03. The van der Waals surface area contributed by atoms with Crippen LogP contribution in [0.2, 0.25) is 0 Å². The molecule has 2 saturated carbocycles. The monoisotopic (exact) mass is 257 g/mol. The average molecular weight is 257 g/mol. The van der Waals surface area contributed by atoms with Crippen LogP contribution in [0.25, 0.3) is 0 Å². The molecule has 1 aromatic carbocycles. The molecule has 0 radical (unpaired) electrons. The van der Waals surface area contributed by atoms with Gasteiger partial charge in [0.25, 0.3) is 0 Å². The van der Waals surface area contributed by atoms with Crippen molar-refractivity contribution in [1.29, 1.82) is 0 Å². The van der Waals surface area contributed by atoms with Crippen LogP contribution in [-0.2, 0) is 0 Å². The molecule has 1 aromatic rings. The maximum Gasteiger partial charge on any atom is 0.0183 e. The van der Waals surface area contributed by atoms with E-state index >= 15 is 0 Å². The van der Waals surface area contributed by atoms with Crippen molar-refractivity contribution in [1.82, 2.24) is 5.32 Å². The van der Waals surface area contributed by atoms with Gasteiger partial charge in [-0.2, -0.15) is 0 Å². The molecule has 19 heavy (non-hydrogen) atoms. The summed E-state index contributed by atoms with van der Waals surface area (Å²) < 4.78 is 0. The zero-order valence-corrected chi connectivity index (χ0v) is 13.0. The second-order valence-corrected chi connectivity index (χ2v) is 7.82. The van der Waals surface area contributed by atoms with Gasteiger partial charge in [0, 0.05) is 12.1 Å². The number of rotatable bonds is 3. The van der Waals surface area contributed by atoms with Crippen LogP contribution in [-0.4, -0.2) is 12.1 Å². The summed E-state index contributed by atoms with van der Waals surface area (Å²) in [5.41, 5.74) is 3.81. The van der Waals surface area contributed by atoms with Gasteiger partial charge >= 0.3 is 0 Å². The molecule has 1 nitrogen and oxygen atoms in total. The van der Waals surface area contributed by atoms with Crippen LogP contribution < -0.4 is 5.32 Å². The summed E-state index contributed by atoms with van der Waals surface area (Å²) in [6, 6.07) is 10.5. The number of aryl methyl sites for hydroxylation is 1. The van der Waals surface area contributed by atoms with Crippen molar-refractivity contribution in [3.8, 4) is 0 Å². The van der Waals surface area contributed by atoms with E-state index in [1.807, 2.05) is 0 Å². The van der Waals surface area contributed by atoms with Crippen molar-refractivity contribution in [2.45, 2.75) is 65.5 Å². The Morgan fingerprint density at radius 2 is 1.47 bits per heavy atom. The first-order valence-corrected chi connectivity index (χ1v) is 7.65. The van der Waals surface area contributed by atoms with Crippen molar-refractivity contribution in [2.75, 3.05) is 0 Å². The van der Waals surface area contributed by atoms with E-state index in [1.54, 1.807) is 0 Å². The topological polar surface area (TPSA) is 12.0 Å². The van der Waals surface area contributed by atoms with Crippen LogP contribution in [0.1, 0.15) is 57.6 Å². The molecule has 2 fully saturated rings. The molecule has 0 saturated heterocycles. The van der Waals surface area contributed by atoms with Gasteiger partial charge in [-0.15, -0.1) is 0 Å². The summed E-state index contributed by atoms with van der Waals surface area (Å²) in [4.78, 5) is 0. The van der Waals surface area contributed by atoms with Crippen molar-refractivity contribution in [2.24, 2.45) is 10.8 Å². The highest BCUT2D eigenvalue weighted by molar-refractivity contribution is 5.27. The van der Waals surface area contributed by atoms with E-state index < -0.39 is 0 Å². The van der Waals surface area contributed by atoms with Gasteiger partial charge in [0.15, 0.2) is 0 Å². The van der Waals surface area contributed by atoms with Crippen LogP contribution in [0.4, 0.5) is 0 Å². The second kappa shape index (κ2) is 4.09. The summed E-state index contributed by atoms with van der Waals surface area (Å²) in [7, 11) is 0. The minimum atomic E-state index is 0.460. The minimum Gasteiger partial charge on any atom is -0.310 e. The van der Waals surface area contributed by atoms with Crippen molar-refractivity contribution >= 4 is 0 Å². The largest absolute Gasteiger partial charge is 0.310 e. The van der Waals surface area contributed by atoms with Crippen LogP contribution in [0.15, 0.2) is 24.3 Å². The van der Waals surface area contributed by atoms with E-state index in [0.29, 0.717) is 16.9 Å². The fourth-order valence-electron chi connectivity index (χ4n) is 3.71. The third-order valence-electron chi connectivity index (χ3n) is 6.11. The number of benzene rings is 1. The molecule has 3 rings (SSSR count). The Balaban J connectivity index is 1.53. The van der Waals surface area contributed by atoms with Gasteiger partial charge in [0.05, 0.1) is 0 Å². The maximum atomic E-state index is 3.88. The van der Waals surface area contributed by atoms with E-state index in [1.165, 1.54) is 24.0 Å². The zero-order valence-electron chi connectivity index (χ0n) is 13.0. The molecule has 0 spiro atoms. The number of hydrogen-bond acceptors (Lipinski definition) is 1. The van der Waals surface area contributed by atoms with Gasteiger partial charge < -0.3 is 5.32 Å². The molecule has 0 amide bonds. The maximum absolute atomic E-state index is 3.88. The lowest BCUT2D eigenvalue weighted by Crippen LogP contribution is -2.43. The van der Waals surface area contributed by atoms with Gasteiger partial charge in [0.2, 0.25) is 0 Å². The standard InChI is InChI=1S/C18H27N/c1-12-6-8-13(9-7-12)14-10-15(11-14)19-16-17(2,3)18(16,4)5/h6-9,14-16,19H,10-11H2,1-5H3. The fourth-order valence-corrected chi connectivity index (χ4v) is 3.71. The molecule has 1 heteroatoms. The molecule has 0 unspecified atom stereocenters. The quantitative estimate of drug-likeness (QED) is 0.853. The predicted octanol–water partition coefficient (Wildman–Crippen LogP) is 4.27. The van der Waals surface area contributed by atoms with Gasteiger partial charge in [0.1, 0.15) is 0 Å². The van der Waals surface area contributed by atoms with Crippen molar-refractivity contribution in [3.05, 3.63) is 35.4 Å². The highest BCUT2D eigenvalue weighted by atomic mass is 15.1. The highest BCUT2D eigenvalue weighted by Gasteiger charge is 2.65. The molecule has 0 heterocycles. The zero-order chi connectivity index (χ0) is 13.8. The van der Waals surface area contributed by atoms with E-state index in [9.17, 15) is 0 Å². The van der Waals surface area contributed by atoms with E-state index in [2.05, 4.69) is 64.2 Å². The van der Waals surface area contributed by atoms with Crippen LogP contribution in [0.5, 0.6) is 0 Å².